The van der Waals surface area contributed by atoms with E-state index in [1.54, 1.807) is 6.21 Å². The average Bonchev–Trinajstić information content (AvgIpc) is 2.50. The number of hydrogen-bond acceptors (Lipinski definition) is 3. The zero-order valence-electron chi connectivity index (χ0n) is 13.3. The zero-order valence-corrected chi connectivity index (χ0v) is 13.3. The Morgan fingerprint density at radius 2 is 1.86 bits per heavy atom. The number of aryl methyl sites for hydroxylation is 1. The molecule has 0 amide bonds. The van der Waals surface area contributed by atoms with Crippen molar-refractivity contribution in [1.29, 1.82) is 0 Å². The van der Waals surface area contributed by atoms with Crippen molar-refractivity contribution in [3.05, 3.63) is 35.9 Å². The van der Waals surface area contributed by atoms with Crippen molar-refractivity contribution in [3.8, 4) is 0 Å². The highest BCUT2D eigenvalue weighted by Gasteiger charge is 2.28. The highest BCUT2D eigenvalue weighted by molar-refractivity contribution is 5.59. The quantitative estimate of drug-likeness (QED) is 0.491. The van der Waals surface area contributed by atoms with Gasteiger partial charge in [-0.3, -0.25) is 0 Å². The Labute approximate surface area is 128 Å². The van der Waals surface area contributed by atoms with Gasteiger partial charge in [0.05, 0.1) is 0 Å². The van der Waals surface area contributed by atoms with Crippen LogP contribution in [0.4, 0.5) is 0 Å². The van der Waals surface area contributed by atoms with Crippen LogP contribution in [0.2, 0.25) is 0 Å². The van der Waals surface area contributed by atoms with Crippen LogP contribution in [-0.4, -0.2) is 36.5 Å². The second-order valence-corrected chi connectivity index (χ2v) is 6.49. The monoisotopic (exact) mass is 288 g/mol. The van der Waals surface area contributed by atoms with E-state index in [9.17, 15) is 0 Å². The number of benzene rings is 1. The van der Waals surface area contributed by atoms with Crippen LogP contribution in [0.5, 0.6) is 0 Å². The molecule has 1 saturated carbocycles. The van der Waals surface area contributed by atoms with Crippen LogP contribution in [0.1, 0.15) is 37.7 Å². The maximum absolute atomic E-state index is 8.65. The Kier molecular flexibility index (Phi) is 6.24. The highest BCUT2D eigenvalue weighted by Crippen LogP contribution is 2.33. The molecular formula is C18H28N2O. The maximum atomic E-state index is 8.65. The van der Waals surface area contributed by atoms with Gasteiger partial charge in [0.15, 0.2) is 0 Å². The molecule has 1 aromatic carbocycles. The van der Waals surface area contributed by atoms with Crippen LogP contribution in [0.25, 0.3) is 0 Å². The van der Waals surface area contributed by atoms with E-state index >= 15 is 0 Å². The summed E-state index contributed by atoms with van der Waals surface area (Å²) in [6.45, 7) is 0. The van der Waals surface area contributed by atoms with Crippen LogP contribution < -0.4 is 0 Å². The molecule has 1 unspecified atom stereocenters. The van der Waals surface area contributed by atoms with Crippen molar-refractivity contribution < 1.29 is 5.21 Å². The van der Waals surface area contributed by atoms with Crippen molar-refractivity contribution in [3.63, 3.8) is 0 Å². The van der Waals surface area contributed by atoms with Crippen molar-refractivity contribution in [1.82, 2.24) is 4.90 Å². The lowest BCUT2D eigenvalue weighted by Crippen LogP contribution is -2.37. The molecule has 0 bridgehead atoms. The first-order valence-electron chi connectivity index (χ1n) is 8.08. The summed E-state index contributed by atoms with van der Waals surface area (Å²) < 4.78 is 0. The van der Waals surface area contributed by atoms with Crippen LogP contribution in [0, 0.1) is 11.8 Å². The number of nitrogens with zero attached hydrogens (tertiary/aromatic N) is 2. The zero-order chi connectivity index (χ0) is 15.1. The molecule has 1 N–H and O–H groups in total. The molecular weight excluding hydrogens is 260 g/mol. The molecule has 2 rings (SSSR count). The van der Waals surface area contributed by atoms with Gasteiger partial charge in [-0.1, -0.05) is 30.3 Å². The first-order chi connectivity index (χ1) is 10.2. The summed E-state index contributed by atoms with van der Waals surface area (Å²) >= 11 is 0. The molecule has 0 heterocycles. The number of hydrogen-bond donors (Lipinski definition) is 1. The molecule has 0 aromatic heterocycles. The Morgan fingerprint density at radius 1 is 1.19 bits per heavy atom. The minimum atomic E-state index is 0.475. The molecule has 0 radical (unpaired) electrons. The van der Waals surface area contributed by atoms with Gasteiger partial charge in [0.1, 0.15) is 0 Å². The van der Waals surface area contributed by atoms with Gasteiger partial charge >= 0.3 is 0 Å². The Bertz CT molecular complexity index is 422. The lowest BCUT2D eigenvalue weighted by molar-refractivity contribution is 0.152. The lowest BCUT2D eigenvalue weighted by Gasteiger charge is -2.36. The second kappa shape index (κ2) is 8.18. The summed E-state index contributed by atoms with van der Waals surface area (Å²) in [6, 6.07) is 11.4. The van der Waals surface area contributed by atoms with E-state index in [2.05, 4.69) is 54.5 Å². The van der Waals surface area contributed by atoms with Gasteiger partial charge in [0, 0.05) is 12.3 Å². The first kappa shape index (κ1) is 16.0. The predicted octanol–water partition coefficient (Wildman–Crippen LogP) is 3.82. The van der Waals surface area contributed by atoms with Gasteiger partial charge in [0.2, 0.25) is 0 Å². The number of rotatable bonds is 6. The highest BCUT2D eigenvalue weighted by atomic mass is 16.4. The largest absolute Gasteiger partial charge is 0.411 e. The molecule has 0 aliphatic heterocycles. The van der Waals surface area contributed by atoms with E-state index in [1.807, 2.05) is 0 Å². The molecule has 1 aromatic rings. The second-order valence-electron chi connectivity index (χ2n) is 6.49. The van der Waals surface area contributed by atoms with E-state index in [1.165, 1.54) is 24.8 Å². The van der Waals surface area contributed by atoms with E-state index in [0.717, 1.165) is 25.2 Å². The SMILES string of the molecule is CN(C)C(CCc1ccccc1)C1CCC(C=NO)CC1. The van der Waals surface area contributed by atoms with Crippen molar-refractivity contribution >= 4 is 6.21 Å². The summed E-state index contributed by atoms with van der Waals surface area (Å²) in [5.74, 6) is 1.25. The van der Waals surface area contributed by atoms with Gasteiger partial charge in [-0.05, 0) is 70.0 Å². The third-order valence-electron chi connectivity index (χ3n) is 4.87. The fourth-order valence-electron chi connectivity index (χ4n) is 3.65. The summed E-state index contributed by atoms with van der Waals surface area (Å²) in [6.07, 6.45) is 8.89. The summed E-state index contributed by atoms with van der Waals surface area (Å²) in [5, 5.41) is 11.9. The van der Waals surface area contributed by atoms with Crippen LogP contribution in [0.3, 0.4) is 0 Å². The normalized spacial score (nSPS) is 24.5. The van der Waals surface area contributed by atoms with Crippen LogP contribution in [-0.2, 0) is 6.42 Å². The fourth-order valence-corrected chi connectivity index (χ4v) is 3.65. The molecule has 3 heteroatoms. The van der Waals surface area contributed by atoms with Gasteiger partial charge in [-0.2, -0.15) is 0 Å². The summed E-state index contributed by atoms with van der Waals surface area (Å²) in [5.41, 5.74) is 1.44. The lowest BCUT2D eigenvalue weighted by atomic mass is 9.77. The van der Waals surface area contributed by atoms with Crippen molar-refractivity contribution in [2.75, 3.05) is 14.1 Å². The molecule has 0 spiro atoms. The summed E-state index contributed by atoms with van der Waals surface area (Å²) in [4.78, 5) is 2.40. The van der Waals surface area contributed by atoms with Crippen molar-refractivity contribution in [2.45, 2.75) is 44.6 Å². The Hall–Kier alpha value is -1.35. The molecule has 3 nitrogen and oxygen atoms in total. The molecule has 1 atom stereocenters. The molecule has 21 heavy (non-hydrogen) atoms. The topological polar surface area (TPSA) is 35.8 Å². The molecule has 0 saturated heterocycles. The molecule has 1 aliphatic carbocycles. The number of oxime groups is 1. The van der Waals surface area contributed by atoms with E-state index in [4.69, 9.17) is 5.21 Å². The van der Waals surface area contributed by atoms with E-state index < -0.39 is 0 Å². The standard InChI is InChI=1S/C18H28N2O/c1-20(2)18(13-10-15-6-4-3-5-7-15)17-11-8-16(9-12-17)14-19-21/h3-7,14,16-18,21H,8-13H2,1-2H3. The minimum Gasteiger partial charge on any atom is -0.411 e. The first-order valence-corrected chi connectivity index (χ1v) is 8.08. The van der Waals surface area contributed by atoms with Crippen LogP contribution in [0.15, 0.2) is 35.5 Å². The van der Waals surface area contributed by atoms with Gasteiger partial charge < -0.3 is 10.1 Å². The van der Waals surface area contributed by atoms with Gasteiger partial charge in [-0.15, -0.1) is 5.16 Å². The average molecular weight is 288 g/mol. The molecule has 1 aliphatic rings. The van der Waals surface area contributed by atoms with E-state index in [-0.39, 0.29) is 0 Å². The predicted molar refractivity (Wildman–Crippen MR) is 88.0 cm³/mol. The van der Waals surface area contributed by atoms with Gasteiger partial charge in [0.25, 0.3) is 0 Å². The van der Waals surface area contributed by atoms with Gasteiger partial charge in [-0.25, -0.2) is 0 Å². The Morgan fingerprint density at radius 3 is 2.43 bits per heavy atom. The third kappa shape index (κ3) is 4.85. The minimum absolute atomic E-state index is 0.475. The van der Waals surface area contributed by atoms with Crippen LogP contribution >= 0.6 is 0 Å². The van der Waals surface area contributed by atoms with E-state index in [0.29, 0.717) is 12.0 Å². The smallest absolute Gasteiger partial charge is 0.0466 e. The van der Waals surface area contributed by atoms with Crippen molar-refractivity contribution in [2.24, 2.45) is 17.0 Å². The Balaban J connectivity index is 1.88. The maximum Gasteiger partial charge on any atom is 0.0466 e. The molecule has 1 fully saturated rings. The fraction of sp³-hybridized carbons (Fsp3) is 0.611. The summed E-state index contributed by atoms with van der Waals surface area (Å²) in [7, 11) is 4.41. The molecule has 116 valence electrons. The third-order valence-corrected chi connectivity index (χ3v) is 4.87.